The van der Waals surface area contributed by atoms with Crippen LogP contribution < -0.4 is 0 Å². The molecule has 16 heavy (non-hydrogen) atoms. The Morgan fingerprint density at radius 2 is 1.50 bits per heavy atom. The molecule has 0 spiro atoms. The fourth-order valence-corrected chi connectivity index (χ4v) is 3.79. The Morgan fingerprint density at radius 1 is 0.875 bits per heavy atom. The van der Waals surface area contributed by atoms with Crippen LogP contribution in [0.4, 0.5) is 0 Å². The molecule has 0 aromatic carbocycles. The zero-order valence-corrected chi connectivity index (χ0v) is 10.8. The molecule has 2 saturated carbocycles. The maximum absolute atomic E-state index is 9.56. The van der Waals surface area contributed by atoms with Crippen LogP contribution in [0.2, 0.25) is 0 Å². The number of rotatable bonds is 2. The Kier molecular flexibility index (Phi) is 4.57. The molecule has 0 heterocycles. The predicted molar refractivity (Wildman–Crippen MR) is 68.7 cm³/mol. The van der Waals surface area contributed by atoms with E-state index in [1.165, 1.54) is 19.3 Å². The molecular formula is C13H24O2S. The number of hydrogen-bond donors (Lipinski definition) is 3. The molecule has 0 bridgehead atoms. The fraction of sp³-hybridized carbons (Fsp3) is 1.00. The highest BCUT2D eigenvalue weighted by molar-refractivity contribution is 7.81. The first-order valence-corrected chi connectivity index (χ1v) is 7.21. The van der Waals surface area contributed by atoms with E-state index in [1.54, 1.807) is 0 Å². The third kappa shape index (κ3) is 3.38. The predicted octanol–water partition coefficient (Wildman–Crippen LogP) is 2.39. The smallest absolute Gasteiger partial charge is 0.0551 e. The molecule has 0 radical (unpaired) electrons. The molecule has 0 aromatic rings. The van der Waals surface area contributed by atoms with Crippen molar-refractivity contribution >= 4 is 12.6 Å². The van der Waals surface area contributed by atoms with Gasteiger partial charge in [0.25, 0.3) is 0 Å². The van der Waals surface area contributed by atoms with Gasteiger partial charge in [-0.3, -0.25) is 0 Å². The quantitative estimate of drug-likeness (QED) is 0.653. The second-order valence-electron chi connectivity index (χ2n) is 5.70. The Labute approximate surface area is 104 Å². The van der Waals surface area contributed by atoms with Crippen molar-refractivity contribution in [2.75, 3.05) is 0 Å². The summed E-state index contributed by atoms with van der Waals surface area (Å²) in [6, 6.07) is 0. The van der Waals surface area contributed by atoms with E-state index in [4.69, 9.17) is 0 Å². The van der Waals surface area contributed by atoms with E-state index in [2.05, 4.69) is 12.6 Å². The van der Waals surface area contributed by atoms with Crippen molar-refractivity contribution in [2.45, 2.75) is 68.8 Å². The summed E-state index contributed by atoms with van der Waals surface area (Å²) >= 11 is 4.62. The van der Waals surface area contributed by atoms with Gasteiger partial charge in [-0.15, -0.1) is 0 Å². The van der Waals surface area contributed by atoms with Gasteiger partial charge in [-0.05, 0) is 63.2 Å². The van der Waals surface area contributed by atoms with Crippen LogP contribution in [0.3, 0.4) is 0 Å². The SMILES string of the molecule is OC1CCC(CC2CCC(O)CC2S)CC1. The second kappa shape index (κ2) is 5.74. The fourth-order valence-electron chi connectivity index (χ4n) is 3.27. The van der Waals surface area contributed by atoms with E-state index < -0.39 is 0 Å². The molecule has 2 fully saturated rings. The van der Waals surface area contributed by atoms with Gasteiger partial charge in [0.2, 0.25) is 0 Å². The summed E-state index contributed by atoms with van der Waals surface area (Å²) in [4.78, 5) is 0. The third-order valence-electron chi connectivity index (χ3n) is 4.38. The minimum atomic E-state index is -0.119. The van der Waals surface area contributed by atoms with Crippen molar-refractivity contribution < 1.29 is 10.2 Å². The molecule has 3 heteroatoms. The molecule has 0 aliphatic heterocycles. The van der Waals surface area contributed by atoms with Crippen LogP contribution in [-0.4, -0.2) is 27.7 Å². The summed E-state index contributed by atoms with van der Waals surface area (Å²) in [5, 5.41) is 19.4. The molecule has 0 saturated heterocycles. The standard InChI is InChI=1S/C13H24O2S/c14-11-4-1-9(2-5-11)7-10-3-6-12(15)8-13(10)16/h9-16H,1-8H2. The lowest BCUT2D eigenvalue weighted by atomic mass is 9.76. The van der Waals surface area contributed by atoms with Crippen LogP contribution in [0.1, 0.15) is 51.4 Å². The van der Waals surface area contributed by atoms with E-state index in [1.807, 2.05) is 0 Å². The van der Waals surface area contributed by atoms with Gasteiger partial charge in [0.05, 0.1) is 12.2 Å². The Hall–Kier alpha value is 0.270. The zero-order valence-electron chi connectivity index (χ0n) is 9.89. The van der Waals surface area contributed by atoms with Gasteiger partial charge >= 0.3 is 0 Å². The van der Waals surface area contributed by atoms with E-state index in [0.29, 0.717) is 11.2 Å². The van der Waals surface area contributed by atoms with Gasteiger partial charge in [-0.2, -0.15) is 12.6 Å². The summed E-state index contributed by atoms with van der Waals surface area (Å²) in [6.07, 6.45) is 8.38. The van der Waals surface area contributed by atoms with Crippen molar-refractivity contribution in [1.82, 2.24) is 0 Å². The summed E-state index contributed by atoms with van der Waals surface area (Å²) in [6.45, 7) is 0. The van der Waals surface area contributed by atoms with Crippen molar-refractivity contribution in [1.29, 1.82) is 0 Å². The molecule has 94 valence electrons. The minimum absolute atomic E-state index is 0.0452. The average molecular weight is 244 g/mol. The molecule has 2 nitrogen and oxygen atoms in total. The highest BCUT2D eigenvalue weighted by Gasteiger charge is 2.30. The number of aliphatic hydroxyl groups is 2. The normalized spacial score (nSPS) is 45.6. The summed E-state index contributed by atoms with van der Waals surface area (Å²) < 4.78 is 0. The third-order valence-corrected chi connectivity index (χ3v) is 5.01. The zero-order chi connectivity index (χ0) is 11.5. The summed E-state index contributed by atoms with van der Waals surface area (Å²) in [7, 11) is 0. The van der Waals surface area contributed by atoms with E-state index in [0.717, 1.165) is 38.0 Å². The molecular weight excluding hydrogens is 220 g/mol. The van der Waals surface area contributed by atoms with Gasteiger partial charge in [-0.25, -0.2) is 0 Å². The monoisotopic (exact) mass is 244 g/mol. The number of aliphatic hydroxyl groups excluding tert-OH is 2. The average Bonchev–Trinajstić information content (AvgIpc) is 2.25. The summed E-state index contributed by atoms with van der Waals surface area (Å²) in [5.74, 6) is 1.48. The summed E-state index contributed by atoms with van der Waals surface area (Å²) in [5.41, 5.74) is 0. The van der Waals surface area contributed by atoms with Gasteiger partial charge < -0.3 is 10.2 Å². The molecule has 2 aliphatic rings. The van der Waals surface area contributed by atoms with Crippen LogP contribution in [0.15, 0.2) is 0 Å². The van der Waals surface area contributed by atoms with Crippen molar-refractivity contribution in [2.24, 2.45) is 11.8 Å². The van der Waals surface area contributed by atoms with Gasteiger partial charge in [-0.1, -0.05) is 0 Å². The minimum Gasteiger partial charge on any atom is -0.393 e. The Bertz CT molecular complexity index is 214. The van der Waals surface area contributed by atoms with Crippen molar-refractivity contribution in [3.8, 4) is 0 Å². The maximum Gasteiger partial charge on any atom is 0.0551 e. The highest BCUT2D eigenvalue weighted by atomic mass is 32.1. The van der Waals surface area contributed by atoms with Crippen molar-refractivity contribution in [3.05, 3.63) is 0 Å². The van der Waals surface area contributed by atoms with E-state index in [9.17, 15) is 10.2 Å². The van der Waals surface area contributed by atoms with Crippen LogP contribution in [-0.2, 0) is 0 Å². The van der Waals surface area contributed by atoms with Gasteiger partial charge in [0, 0.05) is 5.25 Å². The highest BCUT2D eigenvalue weighted by Crippen LogP contribution is 2.37. The maximum atomic E-state index is 9.56. The molecule has 0 aromatic heterocycles. The lowest BCUT2D eigenvalue weighted by molar-refractivity contribution is 0.0832. The van der Waals surface area contributed by atoms with Crippen LogP contribution in [0.25, 0.3) is 0 Å². The first-order valence-electron chi connectivity index (χ1n) is 6.69. The Balaban J connectivity index is 1.76. The first-order chi connectivity index (χ1) is 7.65. The first kappa shape index (κ1) is 12.7. The number of thiol groups is 1. The second-order valence-corrected chi connectivity index (χ2v) is 6.37. The molecule has 0 amide bonds. The van der Waals surface area contributed by atoms with Crippen LogP contribution in [0.5, 0.6) is 0 Å². The largest absolute Gasteiger partial charge is 0.393 e. The topological polar surface area (TPSA) is 40.5 Å². The molecule has 3 atom stereocenters. The van der Waals surface area contributed by atoms with Gasteiger partial charge in [0.1, 0.15) is 0 Å². The van der Waals surface area contributed by atoms with E-state index >= 15 is 0 Å². The van der Waals surface area contributed by atoms with Crippen LogP contribution in [0, 0.1) is 11.8 Å². The number of hydrogen-bond acceptors (Lipinski definition) is 3. The molecule has 2 rings (SSSR count). The lowest BCUT2D eigenvalue weighted by Gasteiger charge is -2.35. The molecule has 3 unspecified atom stereocenters. The van der Waals surface area contributed by atoms with Gasteiger partial charge in [0.15, 0.2) is 0 Å². The molecule has 2 N–H and O–H groups in total. The van der Waals surface area contributed by atoms with Crippen molar-refractivity contribution in [3.63, 3.8) is 0 Å². The van der Waals surface area contributed by atoms with E-state index in [-0.39, 0.29) is 12.2 Å². The van der Waals surface area contributed by atoms with Crippen LogP contribution >= 0.6 is 12.6 Å². The molecule has 2 aliphatic carbocycles. The lowest BCUT2D eigenvalue weighted by Crippen LogP contribution is -2.31. The Morgan fingerprint density at radius 3 is 2.12 bits per heavy atom.